The number of halogens is 1. The van der Waals surface area contributed by atoms with Crippen LogP contribution in [-0.2, 0) is 11.8 Å². The first-order valence-corrected chi connectivity index (χ1v) is 7.14. The zero-order valence-electron chi connectivity index (χ0n) is 12.5. The number of rotatable bonds is 6. The molecule has 0 fully saturated rings. The summed E-state index contributed by atoms with van der Waals surface area (Å²) in [5.74, 6) is -0.106. The molecule has 0 radical (unpaired) electrons. The maximum absolute atomic E-state index is 14.4. The average Bonchev–Trinajstić information content (AvgIpc) is 2.55. The Morgan fingerprint density at radius 3 is 2.38 bits per heavy atom. The second-order valence-corrected chi connectivity index (χ2v) is 5.27. The van der Waals surface area contributed by atoms with E-state index in [4.69, 9.17) is 4.74 Å². The normalized spacial score (nSPS) is 13.7. The van der Waals surface area contributed by atoms with E-state index >= 15 is 0 Å². The van der Waals surface area contributed by atoms with Crippen LogP contribution in [0.5, 0.6) is 5.75 Å². The van der Waals surface area contributed by atoms with Crippen molar-refractivity contribution in [2.24, 2.45) is 0 Å². The van der Waals surface area contributed by atoms with Gasteiger partial charge in [-0.15, -0.1) is 0 Å². The summed E-state index contributed by atoms with van der Waals surface area (Å²) in [5.41, 5.74) is 1.11. The van der Waals surface area contributed by atoms with Crippen molar-refractivity contribution in [3.63, 3.8) is 0 Å². The molecule has 0 aliphatic rings. The van der Waals surface area contributed by atoms with E-state index in [1.165, 1.54) is 7.11 Å². The zero-order valence-corrected chi connectivity index (χ0v) is 12.5. The van der Waals surface area contributed by atoms with Gasteiger partial charge < -0.3 is 9.84 Å². The van der Waals surface area contributed by atoms with Crippen LogP contribution in [-0.4, -0.2) is 18.8 Å². The fraction of sp³-hybridized carbons (Fsp3) is 0.333. The highest BCUT2D eigenvalue weighted by atomic mass is 19.1. The third-order valence-electron chi connectivity index (χ3n) is 4.16. The molecule has 112 valence electrons. The number of benzene rings is 2. The van der Waals surface area contributed by atoms with E-state index < -0.39 is 5.41 Å². The first kappa shape index (κ1) is 15.5. The van der Waals surface area contributed by atoms with Gasteiger partial charge in [-0.1, -0.05) is 49.4 Å². The first-order valence-electron chi connectivity index (χ1n) is 7.14. The van der Waals surface area contributed by atoms with Crippen LogP contribution in [0, 0.1) is 5.82 Å². The molecule has 1 atom stereocenters. The molecular weight excluding hydrogens is 267 g/mol. The van der Waals surface area contributed by atoms with Crippen LogP contribution >= 0.6 is 0 Å². The van der Waals surface area contributed by atoms with Gasteiger partial charge in [-0.05, 0) is 30.0 Å². The van der Waals surface area contributed by atoms with Crippen molar-refractivity contribution in [3.8, 4) is 5.75 Å². The van der Waals surface area contributed by atoms with E-state index in [-0.39, 0.29) is 18.2 Å². The van der Waals surface area contributed by atoms with Crippen LogP contribution in [0.15, 0.2) is 48.5 Å². The molecule has 0 aliphatic heterocycles. The number of aliphatic hydroxyl groups is 1. The average molecular weight is 288 g/mol. The van der Waals surface area contributed by atoms with E-state index in [2.05, 4.69) is 0 Å². The van der Waals surface area contributed by atoms with Crippen LogP contribution in [0.25, 0.3) is 0 Å². The summed E-state index contributed by atoms with van der Waals surface area (Å²) in [6.45, 7) is 1.99. The quantitative estimate of drug-likeness (QED) is 0.878. The summed E-state index contributed by atoms with van der Waals surface area (Å²) in [4.78, 5) is 0. The minimum atomic E-state index is -0.478. The third-order valence-corrected chi connectivity index (χ3v) is 4.16. The minimum Gasteiger partial charge on any atom is -0.494 e. The highest BCUT2D eigenvalue weighted by molar-refractivity contribution is 5.35. The predicted molar refractivity (Wildman–Crippen MR) is 82.2 cm³/mol. The Morgan fingerprint density at radius 2 is 1.81 bits per heavy atom. The zero-order chi connectivity index (χ0) is 15.3. The second-order valence-electron chi connectivity index (χ2n) is 5.27. The van der Waals surface area contributed by atoms with Gasteiger partial charge >= 0.3 is 0 Å². The molecule has 2 rings (SSSR count). The topological polar surface area (TPSA) is 29.5 Å². The summed E-state index contributed by atoms with van der Waals surface area (Å²) in [5, 5.41) is 9.95. The largest absolute Gasteiger partial charge is 0.494 e. The lowest BCUT2D eigenvalue weighted by molar-refractivity contribution is 0.185. The molecule has 0 heterocycles. The molecule has 2 aromatic carbocycles. The highest BCUT2D eigenvalue weighted by Gasteiger charge is 2.31. The van der Waals surface area contributed by atoms with Gasteiger partial charge in [0.15, 0.2) is 11.6 Å². The summed E-state index contributed by atoms with van der Waals surface area (Å²) < 4.78 is 19.4. The van der Waals surface area contributed by atoms with Gasteiger partial charge in [0.05, 0.1) is 13.7 Å². The van der Waals surface area contributed by atoms with E-state index in [0.29, 0.717) is 12.0 Å². The van der Waals surface area contributed by atoms with Crippen molar-refractivity contribution < 1.29 is 14.2 Å². The van der Waals surface area contributed by atoms with Crippen LogP contribution in [0.1, 0.15) is 24.5 Å². The van der Waals surface area contributed by atoms with E-state index in [1.54, 1.807) is 18.2 Å². The SMILES string of the molecule is CCC(CO)(Cc1cccc(OC)c1F)c1ccccc1. The monoisotopic (exact) mass is 288 g/mol. The molecule has 0 saturated heterocycles. The van der Waals surface area contributed by atoms with Gasteiger partial charge in [0.2, 0.25) is 0 Å². The fourth-order valence-electron chi connectivity index (χ4n) is 2.70. The molecule has 1 unspecified atom stereocenters. The minimum absolute atomic E-state index is 0.0236. The van der Waals surface area contributed by atoms with Crippen molar-refractivity contribution >= 4 is 0 Å². The molecule has 0 aliphatic carbocycles. The van der Waals surface area contributed by atoms with Gasteiger partial charge in [-0.25, -0.2) is 4.39 Å². The number of methoxy groups -OCH3 is 1. The molecule has 2 aromatic rings. The molecule has 0 bridgehead atoms. The van der Waals surface area contributed by atoms with Gasteiger partial charge in [-0.2, -0.15) is 0 Å². The van der Waals surface area contributed by atoms with Crippen LogP contribution in [0.4, 0.5) is 4.39 Å². The van der Waals surface area contributed by atoms with Crippen molar-refractivity contribution in [2.45, 2.75) is 25.2 Å². The summed E-state index contributed by atoms with van der Waals surface area (Å²) in [7, 11) is 1.46. The third kappa shape index (κ3) is 3.08. The molecule has 0 spiro atoms. The molecular formula is C18H21FO2. The van der Waals surface area contributed by atoms with E-state index in [1.807, 2.05) is 37.3 Å². The van der Waals surface area contributed by atoms with Crippen molar-refractivity contribution in [3.05, 3.63) is 65.5 Å². The number of ether oxygens (including phenoxy) is 1. The summed E-state index contributed by atoms with van der Waals surface area (Å²) >= 11 is 0. The summed E-state index contributed by atoms with van der Waals surface area (Å²) in [6, 6.07) is 14.9. The van der Waals surface area contributed by atoms with Crippen LogP contribution < -0.4 is 4.74 Å². The van der Waals surface area contributed by atoms with Gasteiger partial charge in [0.25, 0.3) is 0 Å². The summed E-state index contributed by atoms with van der Waals surface area (Å²) in [6.07, 6.45) is 1.16. The number of hydrogen-bond donors (Lipinski definition) is 1. The number of aliphatic hydroxyl groups excluding tert-OH is 1. The first-order chi connectivity index (χ1) is 10.2. The maximum atomic E-state index is 14.4. The fourth-order valence-corrected chi connectivity index (χ4v) is 2.70. The van der Waals surface area contributed by atoms with E-state index in [0.717, 1.165) is 12.0 Å². The second kappa shape index (κ2) is 6.72. The van der Waals surface area contributed by atoms with Crippen LogP contribution in [0.3, 0.4) is 0 Å². The Hall–Kier alpha value is -1.87. The Morgan fingerprint density at radius 1 is 1.10 bits per heavy atom. The Balaban J connectivity index is 2.42. The van der Waals surface area contributed by atoms with Gasteiger partial charge in [-0.3, -0.25) is 0 Å². The highest BCUT2D eigenvalue weighted by Crippen LogP contribution is 2.33. The molecule has 3 heteroatoms. The molecule has 2 nitrogen and oxygen atoms in total. The Labute approximate surface area is 125 Å². The molecule has 21 heavy (non-hydrogen) atoms. The Kier molecular flexibility index (Phi) is 4.97. The van der Waals surface area contributed by atoms with Gasteiger partial charge in [0.1, 0.15) is 0 Å². The lowest BCUT2D eigenvalue weighted by atomic mass is 9.74. The standard InChI is InChI=1S/C18H21FO2/c1-3-18(13-20,15-9-5-4-6-10-15)12-14-8-7-11-16(21-2)17(14)19/h4-11,20H,3,12-13H2,1-2H3. The molecule has 0 aromatic heterocycles. The molecule has 1 N–H and O–H groups in total. The smallest absolute Gasteiger partial charge is 0.168 e. The van der Waals surface area contributed by atoms with Crippen LogP contribution in [0.2, 0.25) is 0 Å². The maximum Gasteiger partial charge on any atom is 0.168 e. The Bertz CT molecular complexity index is 577. The van der Waals surface area contributed by atoms with Gasteiger partial charge in [0, 0.05) is 5.41 Å². The van der Waals surface area contributed by atoms with Crippen molar-refractivity contribution in [1.82, 2.24) is 0 Å². The lowest BCUT2D eigenvalue weighted by Gasteiger charge is -2.32. The molecule has 0 amide bonds. The lowest BCUT2D eigenvalue weighted by Crippen LogP contribution is -2.33. The predicted octanol–water partition coefficient (Wildman–Crippen LogP) is 3.72. The van der Waals surface area contributed by atoms with Crippen molar-refractivity contribution in [2.75, 3.05) is 13.7 Å². The van der Waals surface area contributed by atoms with E-state index in [9.17, 15) is 9.50 Å². The number of hydrogen-bond acceptors (Lipinski definition) is 2. The van der Waals surface area contributed by atoms with Crippen molar-refractivity contribution in [1.29, 1.82) is 0 Å². The molecule has 0 saturated carbocycles.